The van der Waals surface area contributed by atoms with Gasteiger partial charge < -0.3 is 19.3 Å². The maximum absolute atomic E-state index is 11.3. The minimum atomic E-state index is -0.714. The molecule has 3 heterocycles. The molecule has 2 aromatic rings. The Kier molecular flexibility index (Phi) is 3.67. The molecule has 1 fully saturated rings. The van der Waals surface area contributed by atoms with Crippen LogP contribution in [0.2, 0.25) is 0 Å². The fraction of sp³-hybridized carbons (Fsp3) is 0.500. The van der Waals surface area contributed by atoms with E-state index in [0.29, 0.717) is 13.2 Å². The molecule has 1 unspecified atom stereocenters. The van der Waals surface area contributed by atoms with Gasteiger partial charge in [0.25, 0.3) is 0 Å². The predicted octanol–water partition coefficient (Wildman–Crippen LogP) is 2.88. The van der Waals surface area contributed by atoms with E-state index in [1.54, 1.807) is 0 Å². The molecule has 4 rings (SSSR count). The van der Waals surface area contributed by atoms with Crippen molar-refractivity contribution in [2.45, 2.75) is 25.8 Å². The molecule has 6 nitrogen and oxygen atoms in total. The van der Waals surface area contributed by atoms with Gasteiger partial charge in [-0.2, -0.15) is 0 Å². The van der Waals surface area contributed by atoms with Gasteiger partial charge in [0.1, 0.15) is 11.3 Å². The highest BCUT2D eigenvalue weighted by Gasteiger charge is 2.29. The van der Waals surface area contributed by atoms with Crippen molar-refractivity contribution in [2.24, 2.45) is 5.92 Å². The number of aryl methyl sites for hydroxylation is 1. The molecule has 0 amide bonds. The average Bonchev–Trinajstić information content (AvgIpc) is 2.75. The highest BCUT2D eigenvalue weighted by atomic mass is 79.9. The molecule has 122 valence electrons. The second-order valence-electron chi connectivity index (χ2n) is 6.16. The summed E-state index contributed by atoms with van der Waals surface area (Å²) in [5.74, 6) is 0.686. The second-order valence-corrected chi connectivity index (χ2v) is 7.08. The van der Waals surface area contributed by atoms with Crippen molar-refractivity contribution in [2.75, 3.05) is 24.6 Å². The summed E-state index contributed by atoms with van der Waals surface area (Å²) in [5, 5.41) is 9.33. The van der Waals surface area contributed by atoms with E-state index in [-0.39, 0.29) is 5.92 Å². The summed E-state index contributed by atoms with van der Waals surface area (Å²) in [7, 11) is 0. The lowest BCUT2D eigenvalue weighted by Crippen LogP contribution is -2.40. The largest absolute Gasteiger partial charge is 0.491 e. The Morgan fingerprint density at radius 3 is 3.04 bits per heavy atom. The van der Waals surface area contributed by atoms with Crippen LogP contribution in [0.25, 0.3) is 11.0 Å². The molecule has 1 saturated heterocycles. The normalized spacial score (nSPS) is 21.1. The number of carboxylic acids is 1. The Bertz CT molecular complexity index is 774. The number of benzene rings is 1. The fourth-order valence-electron chi connectivity index (χ4n) is 3.51. The number of halogens is 1. The second kappa shape index (κ2) is 5.70. The Balaban J connectivity index is 1.80. The summed E-state index contributed by atoms with van der Waals surface area (Å²) in [5.41, 5.74) is 1.90. The van der Waals surface area contributed by atoms with Crippen molar-refractivity contribution in [1.29, 1.82) is 0 Å². The maximum atomic E-state index is 11.3. The fourth-order valence-corrected chi connectivity index (χ4v) is 3.94. The van der Waals surface area contributed by atoms with Gasteiger partial charge in [0.2, 0.25) is 5.95 Å². The van der Waals surface area contributed by atoms with E-state index in [9.17, 15) is 9.90 Å². The van der Waals surface area contributed by atoms with E-state index in [1.807, 2.05) is 12.1 Å². The number of aliphatic carboxylic acids is 1. The van der Waals surface area contributed by atoms with Gasteiger partial charge in [-0.3, -0.25) is 4.79 Å². The molecule has 1 atom stereocenters. The Hall–Kier alpha value is -1.76. The van der Waals surface area contributed by atoms with Gasteiger partial charge in [-0.25, -0.2) is 4.98 Å². The van der Waals surface area contributed by atoms with E-state index >= 15 is 0 Å². The topological polar surface area (TPSA) is 67.6 Å². The van der Waals surface area contributed by atoms with Crippen LogP contribution in [-0.4, -0.2) is 40.3 Å². The standard InChI is InChI=1S/C16H18BrN3O3/c17-11-7-12-14-13(8-11)23-6-2-5-20(14)16(18-12)19-4-1-3-10(9-19)15(21)22/h7-8,10H,1-6,9H2,(H,21,22). The lowest BCUT2D eigenvalue weighted by Gasteiger charge is -2.31. The SMILES string of the molecule is O=C(O)C1CCCN(c2nc3cc(Br)cc4c3n2CCCO4)C1. The average molecular weight is 380 g/mol. The predicted molar refractivity (Wildman–Crippen MR) is 90.1 cm³/mol. The van der Waals surface area contributed by atoms with Gasteiger partial charge in [0.05, 0.1) is 18.0 Å². The lowest BCUT2D eigenvalue weighted by molar-refractivity contribution is -0.141. The molecular formula is C16H18BrN3O3. The van der Waals surface area contributed by atoms with Crippen molar-refractivity contribution in [1.82, 2.24) is 9.55 Å². The zero-order valence-electron chi connectivity index (χ0n) is 12.7. The van der Waals surface area contributed by atoms with E-state index < -0.39 is 5.97 Å². The summed E-state index contributed by atoms with van der Waals surface area (Å²) in [4.78, 5) is 18.2. The van der Waals surface area contributed by atoms with Crippen LogP contribution in [-0.2, 0) is 11.3 Å². The van der Waals surface area contributed by atoms with Crippen molar-refractivity contribution in [3.63, 3.8) is 0 Å². The number of rotatable bonds is 2. The lowest BCUT2D eigenvalue weighted by atomic mass is 9.99. The Morgan fingerprint density at radius 2 is 2.22 bits per heavy atom. The van der Waals surface area contributed by atoms with Gasteiger partial charge in [-0.15, -0.1) is 0 Å². The smallest absolute Gasteiger partial charge is 0.308 e. The van der Waals surface area contributed by atoms with Crippen LogP contribution in [0.4, 0.5) is 5.95 Å². The summed E-state index contributed by atoms with van der Waals surface area (Å²) < 4.78 is 8.99. The third-order valence-corrected chi connectivity index (χ3v) is 5.05. The van der Waals surface area contributed by atoms with Gasteiger partial charge in [0.15, 0.2) is 0 Å². The first-order valence-electron chi connectivity index (χ1n) is 7.94. The molecule has 0 spiro atoms. The third kappa shape index (κ3) is 2.56. The highest BCUT2D eigenvalue weighted by Crippen LogP contribution is 2.36. The molecule has 1 aromatic heterocycles. The number of carboxylic acid groups (broad SMARTS) is 1. The summed E-state index contributed by atoms with van der Waals surface area (Å²) in [6.45, 7) is 2.90. The van der Waals surface area contributed by atoms with E-state index in [1.165, 1.54) is 0 Å². The maximum Gasteiger partial charge on any atom is 0.308 e. The molecule has 23 heavy (non-hydrogen) atoms. The van der Waals surface area contributed by atoms with Crippen LogP contribution in [0, 0.1) is 5.92 Å². The highest BCUT2D eigenvalue weighted by molar-refractivity contribution is 9.10. The number of ether oxygens (including phenoxy) is 1. The minimum absolute atomic E-state index is 0.315. The van der Waals surface area contributed by atoms with Gasteiger partial charge >= 0.3 is 5.97 Å². The van der Waals surface area contributed by atoms with Crippen LogP contribution in [0.3, 0.4) is 0 Å². The first-order chi connectivity index (χ1) is 11.1. The van der Waals surface area contributed by atoms with Crippen molar-refractivity contribution >= 4 is 38.9 Å². The quantitative estimate of drug-likeness (QED) is 0.868. The third-order valence-electron chi connectivity index (χ3n) is 4.59. The number of piperidine rings is 1. The Labute approximate surface area is 142 Å². The monoisotopic (exact) mass is 379 g/mol. The van der Waals surface area contributed by atoms with Crippen molar-refractivity contribution in [3.05, 3.63) is 16.6 Å². The van der Waals surface area contributed by atoms with Crippen LogP contribution in [0.1, 0.15) is 19.3 Å². The minimum Gasteiger partial charge on any atom is -0.491 e. The Morgan fingerprint density at radius 1 is 1.35 bits per heavy atom. The number of carbonyl (C=O) groups is 1. The van der Waals surface area contributed by atoms with Crippen molar-refractivity contribution < 1.29 is 14.6 Å². The molecule has 2 aliphatic heterocycles. The molecule has 0 bridgehead atoms. The summed E-state index contributed by atoms with van der Waals surface area (Å²) in [6.07, 6.45) is 2.54. The van der Waals surface area contributed by atoms with Crippen LogP contribution >= 0.6 is 15.9 Å². The first-order valence-corrected chi connectivity index (χ1v) is 8.73. The molecule has 7 heteroatoms. The van der Waals surface area contributed by atoms with E-state index in [4.69, 9.17) is 9.72 Å². The molecule has 1 aromatic carbocycles. The van der Waals surface area contributed by atoms with Gasteiger partial charge in [-0.1, -0.05) is 15.9 Å². The van der Waals surface area contributed by atoms with Gasteiger partial charge in [-0.05, 0) is 31.4 Å². The number of aromatic nitrogens is 2. The summed E-state index contributed by atoms with van der Waals surface area (Å²) >= 11 is 3.51. The summed E-state index contributed by atoms with van der Waals surface area (Å²) in [6, 6.07) is 3.97. The molecule has 0 radical (unpaired) electrons. The number of imidazole rings is 1. The van der Waals surface area contributed by atoms with E-state index in [2.05, 4.69) is 25.4 Å². The number of hydrogen-bond donors (Lipinski definition) is 1. The number of hydrogen-bond acceptors (Lipinski definition) is 4. The molecule has 1 N–H and O–H groups in total. The van der Waals surface area contributed by atoms with Gasteiger partial charge in [0, 0.05) is 24.1 Å². The number of anilines is 1. The van der Waals surface area contributed by atoms with Crippen LogP contribution < -0.4 is 9.64 Å². The number of nitrogens with zero attached hydrogens (tertiary/aromatic N) is 3. The zero-order chi connectivity index (χ0) is 16.0. The van der Waals surface area contributed by atoms with Crippen LogP contribution in [0.5, 0.6) is 5.75 Å². The molecular weight excluding hydrogens is 362 g/mol. The van der Waals surface area contributed by atoms with E-state index in [0.717, 1.165) is 59.6 Å². The molecule has 0 saturated carbocycles. The van der Waals surface area contributed by atoms with Crippen molar-refractivity contribution in [3.8, 4) is 5.75 Å². The first kappa shape index (κ1) is 14.8. The molecule has 0 aliphatic carbocycles. The molecule has 2 aliphatic rings. The zero-order valence-corrected chi connectivity index (χ0v) is 14.3. The van der Waals surface area contributed by atoms with Crippen LogP contribution in [0.15, 0.2) is 16.6 Å².